The molecule has 0 aliphatic heterocycles. The van der Waals surface area contributed by atoms with E-state index in [9.17, 15) is 14.7 Å². The number of aromatic hydroxyl groups is 1. The maximum Gasteiger partial charge on any atom is 0.331 e. The average molecular weight is 307 g/mol. The first-order valence-electron chi connectivity index (χ1n) is 6.04. The molecule has 1 atom stereocenters. The molecular formula is C14H13NO5S. The lowest BCUT2D eigenvalue weighted by atomic mass is 10.2. The molecule has 1 unspecified atom stereocenters. The highest BCUT2D eigenvalue weighted by Gasteiger charge is 2.23. The Labute approximate surface area is 124 Å². The minimum Gasteiger partial charge on any atom is -0.504 e. The Morgan fingerprint density at radius 2 is 2.00 bits per heavy atom. The first-order valence-corrected chi connectivity index (χ1v) is 6.92. The Bertz CT molecular complexity index is 626. The van der Waals surface area contributed by atoms with Crippen molar-refractivity contribution in [3.8, 4) is 11.5 Å². The molecule has 1 heterocycles. The molecular weight excluding hydrogens is 294 g/mol. The molecule has 1 aromatic carbocycles. The highest BCUT2D eigenvalue weighted by Crippen LogP contribution is 2.24. The smallest absolute Gasteiger partial charge is 0.331 e. The highest BCUT2D eigenvalue weighted by atomic mass is 32.1. The Morgan fingerprint density at radius 1 is 1.24 bits per heavy atom. The number of rotatable bonds is 6. The van der Waals surface area contributed by atoms with Gasteiger partial charge in [0, 0.05) is 4.88 Å². The Kier molecular flexibility index (Phi) is 4.78. The largest absolute Gasteiger partial charge is 0.504 e. The molecule has 1 aromatic heterocycles. The van der Waals surface area contributed by atoms with Crippen LogP contribution >= 0.6 is 11.3 Å². The summed E-state index contributed by atoms with van der Waals surface area (Å²) in [5, 5.41) is 22.7. The molecule has 21 heavy (non-hydrogen) atoms. The van der Waals surface area contributed by atoms with Crippen LogP contribution in [0.5, 0.6) is 11.5 Å². The Hall–Kier alpha value is -2.54. The molecule has 0 spiro atoms. The van der Waals surface area contributed by atoms with Gasteiger partial charge in [0.15, 0.2) is 24.1 Å². The van der Waals surface area contributed by atoms with Crippen LogP contribution in [-0.2, 0) is 9.59 Å². The molecule has 6 nitrogen and oxygen atoms in total. The van der Waals surface area contributed by atoms with E-state index >= 15 is 0 Å². The fourth-order valence-electron chi connectivity index (χ4n) is 1.64. The molecule has 0 radical (unpaired) electrons. The van der Waals surface area contributed by atoms with Crippen LogP contribution in [0.25, 0.3) is 0 Å². The van der Waals surface area contributed by atoms with Crippen molar-refractivity contribution in [1.82, 2.24) is 5.32 Å². The van der Waals surface area contributed by atoms with Crippen LogP contribution in [0.1, 0.15) is 10.9 Å². The Morgan fingerprint density at radius 3 is 2.62 bits per heavy atom. The number of hydrogen-bond acceptors (Lipinski definition) is 5. The van der Waals surface area contributed by atoms with Crippen molar-refractivity contribution < 1.29 is 24.5 Å². The van der Waals surface area contributed by atoms with Gasteiger partial charge in [0.1, 0.15) is 0 Å². The van der Waals surface area contributed by atoms with Crippen LogP contribution in [0.15, 0.2) is 41.8 Å². The number of benzene rings is 1. The maximum absolute atomic E-state index is 11.8. The van der Waals surface area contributed by atoms with E-state index in [2.05, 4.69) is 5.32 Å². The van der Waals surface area contributed by atoms with E-state index in [1.54, 1.807) is 29.6 Å². The highest BCUT2D eigenvalue weighted by molar-refractivity contribution is 7.10. The molecule has 0 saturated carbocycles. The van der Waals surface area contributed by atoms with Crippen LogP contribution in [-0.4, -0.2) is 28.7 Å². The molecule has 0 aliphatic carbocycles. The first kappa shape index (κ1) is 14.9. The summed E-state index contributed by atoms with van der Waals surface area (Å²) in [6.07, 6.45) is 0. The monoisotopic (exact) mass is 307 g/mol. The van der Waals surface area contributed by atoms with Crippen molar-refractivity contribution in [1.29, 1.82) is 0 Å². The Balaban J connectivity index is 1.94. The quantitative estimate of drug-likeness (QED) is 0.756. The van der Waals surface area contributed by atoms with Gasteiger partial charge in [-0.2, -0.15) is 0 Å². The number of carbonyl (C=O) groups excluding carboxylic acids is 1. The van der Waals surface area contributed by atoms with Gasteiger partial charge < -0.3 is 20.3 Å². The third-order valence-corrected chi connectivity index (χ3v) is 3.54. The molecule has 0 saturated heterocycles. The number of carbonyl (C=O) groups is 2. The van der Waals surface area contributed by atoms with Crippen molar-refractivity contribution in [3.63, 3.8) is 0 Å². The van der Waals surface area contributed by atoms with E-state index in [0.717, 1.165) is 0 Å². The molecule has 0 fully saturated rings. The molecule has 2 rings (SSSR count). The second kappa shape index (κ2) is 6.76. The number of phenolic OH excluding ortho intramolecular Hbond substituents is 1. The molecule has 0 bridgehead atoms. The normalized spacial score (nSPS) is 11.6. The standard InChI is InChI=1S/C14H13NO5S/c16-9-4-1-2-5-10(9)20-8-12(17)15-13(14(18)19)11-6-3-7-21-11/h1-7,13,16H,8H2,(H,15,17)(H,18,19). The van der Waals surface area contributed by atoms with Gasteiger partial charge in [0.05, 0.1) is 0 Å². The minimum absolute atomic E-state index is 0.0849. The van der Waals surface area contributed by atoms with Crippen molar-refractivity contribution >= 4 is 23.2 Å². The zero-order chi connectivity index (χ0) is 15.2. The third kappa shape index (κ3) is 3.96. The van der Waals surface area contributed by atoms with E-state index in [-0.39, 0.29) is 18.1 Å². The summed E-state index contributed by atoms with van der Waals surface area (Å²) in [7, 11) is 0. The number of ether oxygens (including phenoxy) is 1. The predicted molar refractivity (Wildman–Crippen MR) is 76.4 cm³/mol. The summed E-state index contributed by atoms with van der Waals surface area (Å²) >= 11 is 1.24. The van der Waals surface area contributed by atoms with Gasteiger partial charge >= 0.3 is 5.97 Å². The van der Waals surface area contributed by atoms with Crippen LogP contribution in [0.3, 0.4) is 0 Å². The zero-order valence-corrected chi connectivity index (χ0v) is 11.7. The van der Waals surface area contributed by atoms with Gasteiger partial charge in [-0.15, -0.1) is 11.3 Å². The van der Waals surface area contributed by atoms with Gasteiger partial charge in [-0.25, -0.2) is 4.79 Å². The molecule has 7 heteroatoms. The summed E-state index contributed by atoms with van der Waals surface area (Å²) in [5.74, 6) is -1.65. The van der Waals surface area contributed by atoms with Gasteiger partial charge in [-0.3, -0.25) is 4.79 Å². The summed E-state index contributed by atoms with van der Waals surface area (Å²) in [5.41, 5.74) is 0. The van der Waals surface area contributed by atoms with Crippen LogP contribution in [0.2, 0.25) is 0 Å². The molecule has 1 amide bonds. The number of para-hydroxylation sites is 2. The predicted octanol–water partition coefficient (Wildman–Crippen LogP) is 1.77. The maximum atomic E-state index is 11.8. The summed E-state index contributed by atoms with van der Waals surface area (Å²) in [6, 6.07) is 8.45. The zero-order valence-electron chi connectivity index (χ0n) is 10.9. The van der Waals surface area contributed by atoms with Gasteiger partial charge in [-0.1, -0.05) is 18.2 Å². The van der Waals surface area contributed by atoms with E-state index in [1.807, 2.05) is 0 Å². The van der Waals surface area contributed by atoms with Crippen molar-refractivity contribution in [3.05, 3.63) is 46.7 Å². The summed E-state index contributed by atoms with van der Waals surface area (Å²) < 4.78 is 5.14. The first-order chi connectivity index (χ1) is 10.1. The van der Waals surface area contributed by atoms with E-state index in [0.29, 0.717) is 4.88 Å². The van der Waals surface area contributed by atoms with Crippen LogP contribution < -0.4 is 10.1 Å². The number of hydrogen-bond donors (Lipinski definition) is 3. The number of carboxylic acid groups (broad SMARTS) is 1. The number of thiophene rings is 1. The number of phenols is 1. The molecule has 0 aliphatic rings. The van der Waals surface area contributed by atoms with Gasteiger partial charge in [-0.05, 0) is 23.6 Å². The average Bonchev–Trinajstić information content (AvgIpc) is 2.97. The van der Waals surface area contributed by atoms with Crippen molar-refractivity contribution in [2.45, 2.75) is 6.04 Å². The number of nitrogens with one attached hydrogen (secondary N) is 1. The van der Waals surface area contributed by atoms with Crippen molar-refractivity contribution in [2.75, 3.05) is 6.61 Å². The fraction of sp³-hybridized carbons (Fsp3) is 0.143. The molecule has 2 aromatic rings. The van der Waals surface area contributed by atoms with Crippen LogP contribution in [0.4, 0.5) is 0 Å². The number of aliphatic carboxylic acids is 1. The topological polar surface area (TPSA) is 95.9 Å². The fourth-order valence-corrected chi connectivity index (χ4v) is 2.40. The number of amides is 1. The van der Waals surface area contributed by atoms with Crippen molar-refractivity contribution in [2.24, 2.45) is 0 Å². The third-order valence-electron chi connectivity index (χ3n) is 2.60. The van der Waals surface area contributed by atoms with Crippen LogP contribution in [0, 0.1) is 0 Å². The second-order valence-corrected chi connectivity index (χ2v) is 5.09. The number of carboxylic acids is 1. The van der Waals surface area contributed by atoms with Gasteiger partial charge in [0.25, 0.3) is 5.91 Å². The lowest BCUT2D eigenvalue weighted by Gasteiger charge is -2.13. The lowest BCUT2D eigenvalue weighted by molar-refractivity contribution is -0.142. The van der Waals surface area contributed by atoms with E-state index in [4.69, 9.17) is 9.84 Å². The minimum atomic E-state index is -1.15. The van der Waals surface area contributed by atoms with Gasteiger partial charge in [0.2, 0.25) is 0 Å². The summed E-state index contributed by atoms with van der Waals surface area (Å²) in [4.78, 5) is 23.5. The molecule has 3 N–H and O–H groups in total. The van der Waals surface area contributed by atoms with E-state index < -0.39 is 17.9 Å². The van der Waals surface area contributed by atoms with E-state index in [1.165, 1.54) is 23.5 Å². The summed E-state index contributed by atoms with van der Waals surface area (Å²) in [6.45, 7) is -0.382. The molecule has 110 valence electrons. The second-order valence-electron chi connectivity index (χ2n) is 4.11. The SMILES string of the molecule is O=C(COc1ccccc1O)NC(C(=O)O)c1cccs1. The lowest BCUT2D eigenvalue weighted by Crippen LogP contribution is -2.36.